The molecule has 0 aliphatic rings. The molecule has 0 aliphatic carbocycles. The lowest BCUT2D eigenvalue weighted by atomic mass is 10.2. The maximum atomic E-state index is 10.9. The van der Waals surface area contributed by atoms with Crippen LogP contribution in [-0.4, -0.2) is 27.3 Å². The van der Waals surface area contributed by atoms with Crippen molar-refractivity contribution < 1.29 is 14.3 Å². The lowest BCUT2D eigenvalue weighted by molar-refractivity contribution is 0.282. The highest BCUT2D eigenvalue weighted by Crippen LogP contribution is 2.34. The Hall–Kier alpha value is -3.71. The van der Waals surface area contributed by atoms with Gasteiger partial charge < -0.3 is 14.8 Å². The molecule has 0 saturated heterocycles. The van der Waals surface area contributed by atoms with E-state index in [0.717, 1.165) is 5.69 Å². The topological polar surface area (TPSA) is 86.2 Å². The Kier molecular flexibility index (Phi) is 6.24. The summed E-state index contributed by atoms with van der Waals surface area (Å²) in [6.45, 7) is 1.93. The van der Waals surface area contributed by atoms with Gasteiger partial charge in [0.15, 0.2) is 6.10 Å². The van der Waals surface area contributed by atoms with Crippen molar-refractivity contribution >= 4 is 40.3 Å². The molecule has 1 radical (unpaired) electrons. The number of anilines is 2. The minimum absolute atomic E-state index is 0.316. The van der Waals surface area contributed by atoms with Gasteiger partial charge in [-0.25, -0.2) is 9.97 Å². The molecule has 0 spiro atoms. The van der Waals surface area contributed by atoms with E-state index in [4.69, 9.17) is 21.1 Å². The second-order valence-electron chi connectivity index (χ2n) is 6.63. The van der Waals surface area contributed by atoms with Gasteiger partial charge in [0.2, 0.25) is 6.29 Å². The minimum Gasteiger partial charge on any atom is -0.486 e. The van der Waals surface area contributed by atoms with Gasteiger partial charge in [-0.2, -0.15) is 0 Å². The standard InChI is InChI=1S/C23H18ClN4O3/c1-15(12-29)31-21-7-4-6-19-22(21)23(27-14-26-19)28-16-8-9-20(18(24)11-16)30-13-17-5-2-3-10-25-17/h2-11,14-15H,13H2,1H3,(H,26,27,28)/t15-/m0/s1. The van der Waals surface area contributed by atoms with Crippen LogP contribution in [0, 0.1) is 0 Å². The molecule has 4 rings (SSSR count). The molecule has 7 nitrogen and oxygen atoms in total. The fourth-order valence-corrected chi connectivity index (χ4v) is 3.19. The molecule has 0 amide bonds. The summed E-state index contributed by atoms with van der Waals surface area (Å²) in [6.07, 6.45) is 4.26. The number of rotatable bonds is 8. The summed E-state index contributed by atoms with van der Waals surface area (Å²) in [5.41, 5.74) is 2.19. The number of nitrogens with one attached hydrogen (secondary N) is 1. The summed E-state index contributed by atoms with van der Waals surface area (Å²) < 4.78 is 11.4. The molecular weight excluding hydrogens is 416 g/mol. The molecule has 1 atom stereocenters. The third-order valence-electron chi connectivity index (χ3n) is 4.39. The van der Waals surface area contributed by atoms with Crippen LogP contribution in [0.1, 0.15) is 12.6 Å². The van der Waals surface area contributed by atoms with Crippen molar-refractivity contribution in [2.24, 2.45) is 0 Å². The van der Waals surface area contributed by atoms with Crippen LogP contribution in [0.4, 0.5) is 11.5 Å². The summed E-state index contributed by atoms with van der Waals surface area (Å²) in [7, 11) is 0. The van der Waals surface area contributed by atoms with Gasteiger partial charge in [0.1, 0.15) is 30.3 Å². The summed E-state index contributed by atoms with van der Waals surface area (Å²) in [5, 5.41) is 4.33. The molecule has 4 aromatic rings. The van der Waals surface area contributed by atoms with Crippen molar-refractivity contribution in [2.45, 2.75) is 19.6 Å². The Labute approximate surface area is 184 Å². The number of benzene rings is 2. The molecule has 0 fully saturated rings. The lowest BCUT2D eigenvalue weighted by Crippen LogP contribution is -2.13. The van der Waals surface area contributed by atoms with Crippen molar-refractivity contribution in [1.82, 2.24) is 15.0 Å². The van der Waals surface area contributed by atoms with Crippen LogP contribution < -0.4 is 14.8 Å². The van der Waals surface area contributed by atoms with E-state index in [1.165, 1.54) is 6.33 Å². The van der Waals surface area contributed by atoms with E-state index in [1.54, 1.807) is 37.4 Å². The smallest absolute Gasteiger partial charge is 0.242 e. The van der Waals surface area contributed by atoms with Crippen molar-refractivity contribution in [3.63, 3.8) is 0 Å². The van der Waals surface area contributed by atoms with E-state index in [-0.39, 0.29) is 0 Å². The fraction of sp³-hybridized carbons (Fsp3) is 0.130. The zero-order valence-electron chi connectivity index (χ0n) is 16.6. The molecule has 0 bridgehead atoms. The predicted molar refractivity (Wildman–Crippen MR) is 119 cm³/mol. The van der Waals surface area contributed by atoms with Crippen molar-refractivity contribution in [3.05, 3.63) is 77.8 Å². The van der Waals surface area contributed by atoms with E-state index in [0.29, 0.717) is 45.5 Å². The van der Waals surface area contributed by atoms with Crippen LogP contribution in [0.25, 0.3) is 10.9 Å². The van der Waals surface area contributed by atoms with Crippen LogP contribution in [0.3, 0.4) is 0 Å². The predicted octanol–water partition coefficient (Wildman–Crippen LogP) is 4.88. The molecule has 1 N–H and O–H groups in total. The van der Waals surface area contributed by atoms with E-state index >= 15 is 0 Å². The number of pyridine rings is 1. The summed E-state index contributed by atoms with van der Waals surface area (Å²) in [6, 6.07) is 16.4. The van der Waals surface area contributed by atoms with E-state index < -0.39 is 6.10 Å². The Balaban J connectivity index is 1.57. The van der Waals surface area contributed by atoms with Gasteiger partial charge in [-0.15, -0.1) is 0 Å². The first-order chi connectivity index (χ1) is 15.1. The summed E-state index contributed by atoms with van der Waals surface area (Å²) >= 11 is 6.41. The van der Waals surface area contributed by atoms with Crippen molar-refractivity contribution in [3.8, 4) is 11.5 Å². The minimum atomic E-state index is -0.719. The van der Waals surface area contributed by atoms with Crippen LogP contribution in [0.5, 0.6) is 11.5 Å². The SMILES string of the molecule is C[C@@H]([C]=O)Oc1cccc2ncnc(Nc3ccc(OCc4ccccn4)c(Cl)c3)c12. The second kappa shape index (κ2) is 9.40. The van der Waals surface area contributed by atoms with Gasteiger partial charge in [0.05, 0.1) is 21.6 Å². The van der Waals surface area contributed by atoms with Gasteiger partial charge in [-0.3, -0.25) is 9.78 Å². The number of fused-ring (bicyclic) bond motifs is 1. The molecule has 0 unspecified atom stereocenters. The first kappa shape index (κ1) is 20.6. The molecule has 2 aromatic carbocycles. The Morgan fingerprint density at radius 3 is 2.74 bits per heavy atom. The third kappa shape index (κ3) is 4.90. The van der Waals surface area contributed by atoms with E-state index in [2.05, 4.69) is 20.3 Å². The van der Waals surface area contributed by atoms with Crippen molar-refractivity contribution in [1.29, 1.82) is 0 Å². The number of hydrogen-bond acceptors (Lipinski definition) is 7. The number of carbonyl (C=O) groups excluding carboxylic acids is 1. The number of aromatic nitrogens is 3. The van der Waals surface area contributed by atoms with Crippen LogP contribution in [0.15, 0.2) is 67.1 Å². The molecule has 8 heteroatoms. The molecule has 0 aliphatic heterocycles. The Morgan fingerprint density at radius 2 is 1.97 bits per heavy atom. The molecule has 31 heavy (non-hydrogen) atoms. The largest absolute Gasteiger partial charge is 0.486 e. The number of ether oxygens (including phenoxy) is 2. The van der Waals surface area contributed by atoms with Crippen LogP contribution in [0.2, 0.25) is 5.02 Å². The normalized spacial score (nSPS) is 11.7. The van der Waals surface area contributed by atoms with Gasteiger partial charge in [-0.05, 0) is 49.4 Å². The van der Waals surface area contributed by atoms with Gasteiger partial charge in [0.25, 0.3) is 0 Å². The van der Waals surface area contributed by atoms with Gasteiger partial charge in [-0.1, -0.05) is 23.7 Å². The zero-order valence-corrected chi connectivity index (χ0v) is 17.3. The number of nitrogens with zero attached hydrogens (tertiary/aromatic N) is 3. The highest BCUT2D eigenvalue weighted by atomic mass is 35.5. The first-order valence-corrected chi connectivity index (χ1v) is 9.89. The van der Waals surface area contributed by atoms with Crippen LogP contribution >= 0.6 is 11.6 Å². The number of halogens is 1. The van der Waals surface area contributed by atoms with E-state index in [1.807, 2.05) is 36.6 Å². The summed E-state index contributed by atoms with van der Waals surface area (Å²) in [4.78, 5) is 23.8. The monoisotopic (exact) mass is 433 g/mol. The maximum absolute atomic E-state index is 10.9. The molecule has 155 valence electrons. The van der Waals surface area contributed by atoms with Gasteiger partial charge in [0, 0.05) is 11.9 Å². The molecule has 2 heterocycles. The van der Waals surface area contributed by atoms with Crippen LogP contribution in [-0.2, 0) is 11.4 Å². The maximum Gasteiger partial charge on any atom is 0.242 e. The Morgan fingerprint density at radius 1 is 1.06 bits per heavy atom. The third-order valence-corrected chi connectivity index (χ3v) is 4.69. The molecule has 0 saturated carbocycles. The van der Waals surface area contributed by atoms with E-state index in [9.17, 15) is 4.79 Å². The Bertz CT molecular complexity index is 1200. The number of hydrogen-bond donors (Lipinski definition) is 1. The quantitative estimate of drug-likeness (QED) is 0.424. The first-order valence-electron chi connectivity index (χ1n) is 9.51. The van der Waals surface area contributed by atoms with Gasteiger partial charge >= 0.3 is 0 Å². The molecular formula is C23H18ClN4O3. The molecule has 2 aromatic heterocycles. The average Bonchev–Trinajstić information content (AvgIpc) is 2.79. The average molecular weight is 434 g/mol. The highest BCUT2D eigenvalue weighted by molar-refractivity contribution is 6.32. The summed E-state index contributed by atoms with van der Waals surface area (Å²) in [5.74, 6) is 1.56. The lowest BCUT2D eigenvalue weighted by Gasteiger charge is -2.15. The highest BCUT2D eigenvalue weighted by Gasteiger charge is 2.14. The zero-order chi connectivity index (χ0) is 21.6. The second-order valence-corrected chi connectivity index (χ2v) is 7.04. The van der Waals surface area contributed by atoms with Crippen molar-refractivity contribution in [2.75, 3.05) is 5.32 Å². The fourth-order valence-electron chi connectivity index (χ4n) is 2.95.